The van der Waals surface area contributed by atoms with Gasteiger partial charge in [0.15, 0.2) is 5.82 Å². The number of carbonyl (C=O) groups excluding carboxylic acids is 1. The number of amides is 2. The van der Waals surface area contributed by atoms with Crippen LogP contribution < -0.4 is 5.32 Å². The molecule has 1 aliphatic heterocycles. The number of aromatic nitrogens is 2. The number of nitrogens with zero attached hydrogens (tertiary/aromatic N) is 3. The van der Waals surface area contributed by atoms with E-state index >= 15 is 0 Å². The Morgan fingerprint density at radius 2 is 2.00 bits per heavy atom. The topological polar surface area (TPSA) is 78.4 Å². The molecule has 126 valence electrons. The van der Waals surface area contributed by atoms with E-state index in [1.807, 2.05) is 24.8 Å². The van der Waals surface area contributed by atoms with Crippen LogP contribution in [0.1, 0.15) is 49.8 Å². The molecule has 0 bridgehead atoms. The van der Waals surface area contributed by atoms with Crippen LogP contribution in [0.4, 0.5) is 10.6 Å². The van der Waals surface area contributed by atoms with Gasteiger partial charge in [-0.05, 0) is 51.2 Å². The van der Waals surface area contributed by atoms with Crippen molar-refractivity contribution >= 4 is 11.8 Å². The molecule has 2 amide bonds. The van der Waals surface area contributed by atoms with Gasteiger partial charge in [-0.3, -0.25) is 5.32 Å². The van der Waals surface area contributed by atoms with Gasteiger partial charge in [0.1, 0.15) is 0 Å². The highest BCUT2D eigenvalue weighted by molar-refractivity contribution is 5.88. The third kappa shape index (κ3) is 3.47. The molecule has 2 heterocycles. The van der Waals surface area contributed by atoms with Crippen molar-refractivity contribution in [3.8, 4) is 0 Å². The summed E-state index contributed by atoms with van der Waals surface area (Å²) >= 11 is 0. The Bertz CT molecular complexity index is 578. The Morgan fingerprint density at radius 3 is 2.74 bits per heavy atom. The van der Waals surface area contributed by atoms with E-state index in [9.17, 15) is 9.90 Å². The Balaban J connectivity index is 1.69. The first-order chi connectivity index (χ1) is 11.1. The van der Waals surface area contributed by atoms with Crippen molar-refractivity contribution in [3.63, 3.8) is 0 Å². The summed E-state index contributed by atoms with van der Waals surface area (Å²) < 4.78 is 0. The van der Waals surface area contributed by atoms with E-state index in [2.05, 4.69) is 15.5 Å². The molecule has 2 N–H and O–H groups in total. The molecule has 0 radical (unpaired) electrons. The first-order valence-corrected chi connectivity index (χ1v) is 8.63. The molecule has 23 heavy (non-hydrogen) atoms. The quantitative estimate of drug-likeness (QED) is 0.878. The molecule has 2 aliphatic rings. The lowest BCUT2D eigenvalue weighted by Crippen LogP contribution is -2.46. The van der Waals surface area contributed by atoms with Crippen molar-refractivity contribution in [3.05, 3.63) is 17.3 Å². The maximum Gasteiger partial charge on any atom is 0.323 e. The molecule has 1 aromatic rings. The number of anilines is 1. The van der Waals surface area contributed by atoms with Gasteiger partial charge in [0.05, 0.1) is 11.8 Å². The molecule has 0 spiro atoms. The van der Waals surface area contributed by atoms with E-state index in [0.717, 1.165) is 56.3 Å². The zero-order chi connectivity index (χ0) is 16.4. The molecule has 0 aromatic carbocycles. The molecular weight excluding hydrogens is 292 g/mol. The number of rotatable bonds is 2. The first kappa shape index (κ1) is 16.2. The fourth-order valence-electron chi connectivity index (χ4n) is 3.87. The summed E-state index contributed by atoms with van der Waals surface area (Å²) in [6, 6.07) is 1.87. The van der Waals surface area contributed by atoms with Gasteiger partial charge in [0.25, 0.3) is 0 Å². The summed E-state index contributed by atoms with van der Waals surface area (Å²) in [5, 5.41) is 21.3. The highest BCUT2D eigenvalue weighted by Crippen LogP contribution is 2.34. The Hall–Kier alpha value is -1.69. The van der Waals surface area contributed by atoms with Gasteiger partial charge in [0.2, 0.25) is 0 Å². The second-order valence-electron chi connectivity index (χ2n) is 6.85. The fourth-order valence-corrected chi connectivity index (χ4v) is 3.87. The van der Waals surface area contributed by atoms with Crippen molar-refractivity contribution in [2.24, 2.45) is 5.92 Å². The van der Waals surface area contributed by atoms with E-state index in [0.29, 0.717) is 5.82 Å². The lowest BCUT2D eigenvalue weighted by molar-refractivity contribution is 0.0320. The SMILES string of the molecule is Cc1cc(NC(=O)N2CCCC2C2CCCCC2O)nnc1C. The summed E-state index contributed by atoms with van der Waals surface area (Å²) in [5.41, 5.74) is 1.88. The predicted octanol–water partition coefficient (Wildman–Crippen LogP) is 2.64. The molecule has 6 heteroatoms. The monoisotopic (exact) mass is 318 g/mol. The highest BCUT2D eigenvalue weighted by Gasteiger charge is 2.39. The number of likely N-dealkylation sites (tertiary alicyclic amines) is 1. The minimum absolute atomic E-state index is 0.122. The Labute approximate surface area is 137 Å². The molecule has 3 unspecified atom stereocenters. The van der Waals surface area contributed by atoms with E-state index in [1.165, 1.54) is 0 Å². The van der Waals surface area contributed by atoms with Crippen LogP contribution in [0.3, 0.4) is 0 Å². The lowest BCUT2D eigenvalue weighted by atomic mass is 9.80. The van der Waals surface area contributed by atoms with Gasteiger partial charge in [0, 0.05) is 18.5 Å². The van der Waals surface area contributed by atoms with Gasteiger partial charge in [-0.25, -0.2) is 4.79 Å². The van der Waals surface area contributed by atoms with E-state index in [-0.39, 0.29) is 24.1 Å². The van der Waals surface area contributed by atoms with E-state index in [4.69, 9.17) is 0 Å². The Morgan fingerprint density at radius 1 is 1.22 bits per heavy atom. The average molecular weight is 318 g/mol. The Kier molecular flexibility index (Phi) is 4.80. The van der Waals surface area contributed by atoms with Crippen molar-refractivity contribution in [1.82, 2.24) is 15.1 Å². The summed E-state index contributed by atoms with van der Waals surface area (Å²) in [6.07, 6.45) is 5.82. The van der Waals surface area contributed by atoms with Gasteiger partial charge >= 0.3 is 6.03 Å². The van der Waals surface area contributed by atoms with Crippen LogP contribution in [-0.2, 0) is 0 Å². The van der Waals surface area contributed by atoms with Crippen LogP contribution in [0.5, 0.6) is 0 Å². The van der Waals surface area contributed by atoms with Crippen LogP contribution in [0, 0.1) is 19.8 Å². The molecule has 3 atom stereocenters. The summed E-state index contributed by atoms with van der Waals surface area (Å²) in [4.78, 5) is 14.5. The lowest BCUT2D eigenvalue weighted by Gasteiger charge is -2.37. The van der Waals surface area contributed by atoms with Crippen LogP contribution in [-0.4, -0.2) is 44.9 Å². The number of hydrogen-bond acceptors (Lipinski definition) is 4. The van der Waals surface area contributed by atoms with Crippen LogP contribution in [0.2, 0.25) is 0 Å². The third-order valence-electron chi connectivity index (χ3n) is 5.30. The maximum absolute atomic E-state index is 12.6. The molecule has 1 aromatic heterocycles. The van der Waals surface area contributed by atoms with Gasteiger partial charge in [-0.15, -0.1) is 5.10 Å². The normalized spacial score (nSPS) is 28.0. The molecule has 3 rings (SSSR count). The zero-order valence-corrected chi connectivity index (χ0v) is 14.0. The minimum Gasteiger partial charge on any atom is -0.393 e. The summed E-state index contributed by atoms with van der Waals surface area (Å²) in [6.45, 7) is 4.60. The van der Waals surface area contributed by atoms with Gasteiger partial charge in [-0.2, -0.15) is 5.10 Å². The highest BCUT2D eigenvalue weighted by atomic mass is 16.3. The molecule has 1 aliphatic carbocycles. The standard InChI is InChI=1S/C17H26N4O2/c1-11-10-16(20-19-12(11)2)18-17(23)21-9-5-7-14(21)13-6-3-4-8-15(13)22/h10,13-15,22H,3-9H2,1-2H3,(H,18,20,23). The maximum atomic E-state index is 12.6. The van der Waals surface area contributed by atoms with Crippen molar-refractivity contribution in [2.45, 2.75) is 64.5 Å². The first-order valence-electron chi connectivity index (χ1n) is 8.63. The van der Waals surface area contributed by atoms with Gasteiger partial charge < -0.3 is 10.0 Å². The zero-order valence-electron chi connectivity index (χ0n) is 14.0. The van der Waals surface area contributed by atoms with E-state index < -0.39 is 0 Å². The summed E-state index contributed by atoms with van der Waals surface area (Å²) in [5.74, 6) is 0.704. The number of carbonyl (C=O) groups is 1. The van der Waals surface area contributed by atoms with Crippen molar-refractivity contribution in [1.29, 1.82) is 0 Å². The van der Waals surface area contributed by atoms with Crippen LogP contribution in [0.15, 0.2) is 6.07 Å². The van der Waals surface area contributed by atoms with Crippen molar-refractivity contribution in [2.75, 3.05) is 11.9 Å². The largest absolute Gasteiger partial charge is 0.393 e. The molecule has 6 nitrogen and oxygen atoms in total. The predicted molar refractivity (Wildman–Crippen MR) is 88.2 cm³/mol. The average Bonchev–Trinajstić information content (AvgIpc) is 3.01. The van der Waals surface area contributed by atoms with Gasteiger partial charge in [-0.1, -0.05) is 12.8 Å². The number of nitrogens with one attached hydrogen (secondary N) is 1. The van der Waals surface area contributed by atoms with Crippen LogP contribution >= 0.6 is 0 Å². The molecule has 1 saturated carbocycles. The smallest absolute Gasteiger partial charge is 0.323 e. The molecule has 2 fully saturated rings. The second-order valence-corrected chi connectivity index (χ2v) is 6.85. The number of aliphatic hydroxyl groups excluding tert-OH is 1. The number of urea groups is 1. The number of aliphatic hydroxyl groups is 1. The fraction of sp³-hybridized carbons (Fsp3) is 0.706. The van der Waals surface area contributed by atoms with Crippen molar-refractivity contribution < 1.29 is 9.90 Å². The third-order valence-corrected chi connectivity index (χ3v) is 5.30. The molecular formula is C17H26N4O2. The minimum atomic E-state index is -0.274. The molecule has 1 saturated heterocycles. The van der Waals surface area contributed by atoms with E-state index in [1.54, 1.807) is 0 Å². The number of hydrogen-bond donors (Lipinski definition) is 2. The number of aryl methyl sites for hydroxylation is 2. The van der Waals surface area contributed by atoms with Crippen LogP contribution in [0.25, 0.3) is 0 Å². The summed E-state index contributed by atoms with van der Waals surface area (Å²) in [7, 11) is 0. The second kappa shape index (κ2) is 6.83.